The minimum Gasteiger partial charge on any atom is -0.475 e. The van der Waals surface area contributed by atoms with Gasteiger partial charge in [0.05, 0.1) is 11.7 Å². The van der Waals surface area contributed by atoms with E-state index in [-0.39, 0.29) is 11.8 Å². The number of hydrogen-bond acceptors (Lipinski definition) is 3. The number of carboxylic acids is 1. The van der Waals surface area contributed by atoms with Crippen LogP contribution in [0.1, 0.15) is 29.3 Å². The van der Waals surface area contributed by atoms with E-state index in [2.05, 4.69) is 37.2 Å². The van der Waals surface area contributed by atoms with Gasteiger partial charge in [0.15, 0.2) is 0 Å². The number of carboxylic acid groups (broad SMARTS) is 1. The number of anilines is 1. The van der Waals surface area contributed by atoms with Gasteiger partial charge in [-0.2, -0.15) is 0 Å². The fourth-order valence-electron chi connectivity index (χ4n) is 1.61. The van der Waals surface area contributed by atoms with Crippen LogP contribution in [0.5, 0.6) is 0 Å². The van der Waals surface area contributed by atoms with Gasteiger partial charge in [-0.1, -0.05) is 15.9 Å². The van der Waals surface area contributed by atoms with E-state index in [1.165, 1.54) is 6.07 Å². The lowest BCUT2D eigenvalue weighted by molar-refractivity contribution is 0.0660. The molecule has 1 unspecified atom stereocenters. The first-order chi connectivity index (χ1) is 8.97. The first kappa shape index (κ1) is 14.1. The van der Waals surface area contributed by atoms with Crippen molar-refractivity contribution in [3.8, 4) is 0 Å². The van der Waals surface area contributed by atoms with Gasteiger partial charge in [-0.05, 0) is 53.2 Å². The van der Waals surface area contributed by atoms with Gasteiger partial charge in [-0.25, -0.2) is 4.79 Å². The average Bonchev–Trinajstić information content (AvgIpc) is 2.83. The van der Waals surface area contributed by atoms with Crippen LogP contribution in [0.15, 0.2) is 43.7 Å². The molecule has 1 aromatic carbocycles. The quantitative estimate of drug-likeness (QED) is 0.798. The number of nitrogens with one attached hydrogen (secondary N) is 1. The third-order valence-electron chi connectivity index (χ3n) is 2.56. The summed E-state index contributed by atoms with van der Waals surface area (Å²) >= 11 is 6.86. The Bertz CT molecular complexity index is 610. The van der Waals surface area contributed by atoms with E-state index in [0.717, 1.165) is 14.6 Å². The zero-order valence-corrected chi connectivity index (χ0v) is 13.2. The molecule has 1 aromatic heterocycles. The lowest BCUT2D eigenvalue weighted by Gasteiger charge is -2.14. The second-order valence-corrected chi connectivity index (χ2v) is 5.77. The molecule has 6 heteroatoms. The first-order valence-corrected chi connectivity index (χ1v) is 7.10. The Kier molecular flexibility index (Phi) is 4.31. The standard InChI is InChI=1S/C13H11Br2NO3/c1-7(11-4-5-12(19-11)13(17)18)16-10-6-8(14)2-3-9(10)15/h2-7,16H,1H3,(H,17,18). The lowest BCUT2D eigenvalue weighted by Crippen LogP contribution is -2.06. The van der Waals surface area contributed by atoms with Crippen LogP contribution in [0.4, 0.5) is 5.69 Å². The summed E-state index contributed by atoms with van der Waals surface area (Å²) in [6.07, 6.45) is 0. The second-order valence-electron chi connectivity index (χ2n) is 4.00. The molecule has 0 fully saturated rings. The first-order valence-electron chi connectivity index (χ1n) is 5.52. The highest BCUT2D eigenvalue weighted by molar-refractivity contribution is 9.11. The third kappa shape index (κ3) is 3.39. The Hall–Kier alpha value is -1.27. The van der Waals surface area contributed by atoms with Gasteiger partial charge in [0.25, 0.3) is 0 Å². The summed E-state index contributed by atoms with van der Waals surface area (Å²) in [6.45, 7) is 1.90. The monoisotopic (exact) mass is 387 g/mol. The van der Waals surface area contributed by atoms with Crippen LogP contribution in [0, 0.1) is 0 Å². The summed E-state index contributed by atoms with van der Waals surface area (Å²) in [7, 11) is 0. The SMILES string of the molecule is CC(Nc1cc(Br)ccc1Br)c1ccc(C(=O)O)o1. The van der Waals surface area contributed by atoms with Gasteiger partial charge < -0.3 is 14.8 Å². The van der Waals surface area contributed by atoms with Crippen molar-refractivity contribution < 1.29 is 14.3 Å². The summed E-state index contributed by atoms with van der Waals surface area (Å²) in [5.74, 6) is -0.552. The fraction of sp³-hybridized carbons (Fsp3) is 0.154. The van der Waals surface area contributed by atoms with Crippen LogP contribution in [0.25, 0.3) is 0 Å². The number of aromatic carboxylic acids is 1. The van der Waals surface area contributed by atoms with Gasteiger partial charge >= 0.3 is 5.97 Å². The van der Waals surface area contributed by atoms with Gasteiger partial charge in [-0.3, -0.25) is 0 Å². The van der Waals surface area contributed by atoms with Crippen molar-refractivity contribution in [2.45, 2.75) is 13.0 Å². The maximum absolute atomic E-state index is 10.8. The van der Waals surface area contributed by atoms with Crippen LogP contribution >= 0.6 is 31.9 Å². The van der Waals surface area contributed by atoms with Crippen molar-refractivity contribution >= 4 is 43.5 Å². The Labute approximate surface area is 127 Å². The van der Waals surface area contributed by atoms with Gasteiger partial charge in [0.1, 0.15) is 5.76 Å². The largest absolute Gasteiger partial charge is 0.475 e. The Balaban J connectivity index is 2.17. The molecule has 2 N–H and O–H groups in total. The van der Waals surface area contributed by atoms with E-state index in [0.29, 0.717) is 5.76 Å². The molecular formula is C13H11Br2NO3. The smallest absolute Gasteiger partial charge is 0.371 e. The summed E-state index contributed by atoms with van der Waals surface area (Å²) in [6, 6.07) is 8.75. The zero-order chi connectivity index (χ0) is 14.0. The molecule has 0 saturated carbocycles. The molecule has 1 atom stereocenters. The Morgan fingerprint density at radius 3 is 2.68 bits per heavy atom. The number of hydrogen-bond donors (Lipinski definition) is 2. The molecule has 2 aromatic rings. The number of halogens is 2. The predicted octanol–water partition coefficient (Wildman–Crippen LogP) is 4.68. The van der Waals surface area contributed by atoms with Gasteiger partial charge in [0, 0.05) is 8.95 Å². The van der Waals surface area contributed by atoms with Crippen molar-refractivity contribution in [2.24, 2.45) is 0 Å². The van der Waals surface area contributed by atoms with E-state index >= 15 is 0 Å². The Morgan fingerprint density at radius 1 is 1.32 bits per heavy atom. The maximum atomic E-state index is 10.8. The molecule has 0 saturated heterocycles. The second kappa shape index (κ2) is 5.79. The highest BCUT2D eigenvalue weighted by Crippen LogP contribution is 2.29. The van der Waals surface area contributed by atoms with Gasteiger partial charge in [-0.15, -0.1) is 0 Å². The van der Waals surface area contributed by atoms with Crippen LogP contribution < -0.4 is 5.32 Å². The minimum absolute atomic E-state index is 0.0584. The summed E-state index contributed by atoms with van der Waals surface area (Å²) in [5, 5.41) is 12.1. The molecule has 0 amide bonds. The van der Waals surface area contributed by atoms with Crippen LogP contribution in [0.2, 0.25) is 0 Å². The van der Waals surface area contributed by atoms with E-state index < -0.39 is 5.97 Å². The van der Waals surface area contributed by atoms with E-state index in [9.17, 15) is 4.79 Å². The lowest BCUT2D eigenvalue weighted by atomic mass is 10.2. The van der Waals surface area contributed by atoms with Crippen LogP contribution in [-0.4, -0.2) is 11.1 Å². The van der Waals surface area contributed by atoms with Crippen molar-refractivity contribution in [3.05, 3.63) is 50.8 Å². The number of furan rings is 1. The zero-order valence-electron chi connectivity index (χ0n) is 9.98. The highest BCUT2D eigenvalue weighted by Gasteiger charge is 2.15. The van der Waals surface area contributed by atoms with Gasteiger partial charge in [0.2, 0.25) is 5.76 Å². The normalized spacial score (nSPS) is 12.2. The summed E-state index contributed by atoms with van der Waals surface area (Å²) < 4.78 is 7.14. The van der Waals surface area contributed by atoms with E-state index in [1.54, 1.807) is 6.07 Å². The molecule has 4 nitrogen and oxygen atoms in total. The summed E-state index contributed by atoms with van der Waals surface area (Å²) in [4.78, 5) is 10.8. The molecule has 0 spiro atoms. The fourth-order valence-corrected chi connectivity index (χ4v) is 2.34. The molecule has 0 aliphatic carbocycles. The molecule has 0 aliphatic heterocycles. The van der Waals surface area contributed by atoms with Crippen molar-refractivity contribution in [2.75, 3.05) is 5.32 Å². The molecule has 0 radical (unpaired) electrons. The van der Waals surface area contributed by atoms with Crippen molar-refractivity contribution in [1.82, 2.24) is 0 Å². The highest BCUT2D eigenvalue weighted by atomic mass is 79.9. The molecule has 0 aliphatic rings. The van der Waals surface area contributed by atoms with Crippen molar-refractivity contribution in [1.29, 1.82) is 0 Å². The molecule has 19 heavy (non-hydrogen) atoms. The maximum Gasteiger partial charge on any atom is 0.371 e. The molecular weight excluding hydrogens is 378 g/mol. The number of carbonyl (C=O) groups is 1. The third-order valence-corrected chi connectivity index (χ3v) is 3.75. The van der Waals surface area contributed by atoms with Crippen LogP contribution in [0.3, 0.4) is 0 Å². The molecule has 2 rings (SSSR count). The number of rotatable bonds is 4. The minimum atomic E-state index is -1.07. The topological polar surface area (TPSA) is 62.5 Å². The molecule has 1 heterocycles. The molecule has 0 bridgehead atoms. The Morgan fingerprint density at radius 2 is 2.05 bits per heavy atom. The molecule has 100 valence electrons. The number of benzene rings is 1. The predicted molar refractivity (Wildman–Crippen MR) is 79.5 cm³/mol. The average molecular weight is 389 g/mol. The van der Waals surface area contributed by atoms with E-state index in [1.807, 2.05) is 25.1 Å². The van der Waals surface area contributed by atoms with Crippen molar-refractivity contribution in [3.63, 3.8) is 0 Å². The van der Waals surface area contributed by atoms with Crippen LogP contribution in [-0.2, 0) is 0 Å². The summed E-state index contributed by atoms with van der Waals surface area (Å²) in [5.41, 5.74) is 0.898. The van der Waals surface area contributed by atoms with E-state index in [4.69, 9.17) is 9.52 Å².